The van der Waals surface area contributed by atoms with Crippen molar-refractivity contribution in [2.45, 2.75) is 19.8 Å². The molecule has 0 aliphatic heterocycles. The summed E-state index contributed by atoms with van der Waals surface area (Å²) in [6.07, 6.45) is 0.980. The zero-order valence-electron chi connectivity index (χ0n) is 12.2. The maximum atomic E-state index is 12.2. The van der Waals surface area contributed by atoms with Gasteiger partial charge in [-0.05, 0) is 36.4 Å². The minimum Gasteiger partial charge on any atom is -0.495 e. The molecule has 0 spiro atoms. The molecule has 0 saturated heterocycles. The van der Waals surface area contributed by atoms with Crippen LogP contribution in [0, 0.1) is 0 Å². The molecular weight excluding hydrogens is 288 g/mol. The number of benzene rings is 1. The fourth-order valence-corrected chi connectivity index (χ4v) is 2.76. The van der Waals surface area contributed by atoms with Crippen molar-refractivity contribution in [1.29, 1.82) is 0 Å². The van der Waals surface area contributed by atoms with Crippen LogP contribution in [-0.4, -0.2) is 25.5 Å². The normalized spacial score (nSPS) is 13.3. The first-order valence-corrected chi connectivity index (χ1v) is 6.94. The van der Waals surface area contributed by atoms with Crippen LogP contribution in [-0.2, 0) is 11.2 Å². The largest absolute Gasteiger partial charge is 0.495 e. The number of hydrogen-bond donors (Lipinski definition) is 0. The molecule has 0 radical (unpaired) electrons. The molecule has 3 rings (SSSR count). The second kappa shape index (κ2) is 5.29. The van der Waals surface area contributed by atoms with Gasteiger partial charge in [0.25, 0.3) is 0 Å². The molecule has 0 fully saturated rings. The van der Waals surface area contributed by atoms with Crippen LogP contribution in [0.4, 0.5) is 0 Å². The van der Waals surface area contributed by atoms with Gasteiger partial charge in [-0.25, -0.2) is 9.59 Å². The summed E-state index contributed by atoms with van der Waals surface area (Å²) in [5.74, 6) is -0.690. The van der Waals surface area contributed by atoms with Crippen molar-refractivity contribution >= 4 is 22.5 Å². The van der Waals surface area contributed by atoms with Gasteiger partial charge in [-0.3, -0.25) is 4.79 Å². The summed E-state index contributed by atoms with van der Waals surface area (Å²) < 4.78 is 15.1. The van der Waals surface area contributed by atoms with E-state index >= 15 is 0 Å². The molecule has 2 aromatic rings. The quantitative estimate of drug-likeness (QED) is 0.807. The van der Waals surface area contributed by atoms with Crippen molar-refractivity contribution in [3.8, 4) is 5.75 Å². The number of carbonyl (C=O) groups excluding carboxylic acids is 2. The Morgan fingerprint density at radius 3 is 2.73 bits per heavy atom. The average Bonchev–Trinajstić information content (AvgIpc) is 2.86. The van der Waals surface area contributed by atoms with Gasteiger partial charge in [0.1, 0.15) is 11.1 Å². The fourth-order valence-electron chi connectivity index (χ4n) is 2.76. The Hall–Kier alpha value is -2.63. The SMILES string of the molecule is CCOC(=O)c1cc2cc3c(c(OC)c2c(=O)o1)C(=O)CC3. The van der Waals surface area contributed by atoms with Crippen LogP contribution >= 0.6 is 0 Å². The van der Waals surface area contributed by atoms with Crippen LogP contribution in [0.15, 0.2) is 21.3 Å². The molecule has 22 heavy (non-hydrogen) atoms. The Kier molecular flexibility index (Phi) is 3.44. The number of methoxy groups -OCH3 is 1. The molecule has 114 valence electrons. The van der Waals surface area contributed by atoms with Crippen LogP contribution in [0.3, 0.4) is 0 Å². The third-order valence-electron chi connectivity index (χ3n) is 3.67. The Bertz CT molecular complexity index is 846. The van der Waals surface area contributed by atoms with Crippen molar-refractivity contribution in [3.63, 3.8) is 0 Å². The predicted molar refractivity (Wildman–Crippen MR) is 77.6 cm³/mol. The lowest BCUT2D eigenvalue weighted by Crippen LogP contribution is -2.12. The standard InChI is InChI=1S/C16H14O6/c1-3-21-15(18)11-7-9-6-8-4-5-10(17)12(8)14(20-2)13(9)16(19)22-11/h6-7H,3-5H2,1-2H3. The average molecular weight is 302 g/mol. The molecule has 0 amide bonds. The summed E-state index contributed by atoms with van der Waals surface area (Å²) in [4.78, 5) is 35.9. The molecule has 0 unspecified atom stereocenters. The van der Waals surface area contributed by atoms with Crippen LogP contribution < -0.4 is 10.4 Å². The molecular formula is C16H14O6. The van der Waals surface area contributed by atoms with Crippen molar-refractivity contribution in [2.75, 3.05) is 13.7 Å². The van der Waals surface area contributed by atoms with E-state index < -0.39 is 11.6 Å². The maximum Gasteiger partial charge on any atom is 0.374 e. The van der Waals surface area contributed by atoms with Crippen molar-refractivity contribution in [1.82, 2.24) is 0 Å². The smallest absolute Gasteiger partial charge is 0.374 e. The second-order valence-electron chi connectivity index (χ2n) is 4.95. The zero-order chi connectivity index (χ0) is 15.9. The molecule has 1 aliphatic carbocycles. The van der Waals surface area contributed by atoms with Gasteiger partial charge in [-0.15, -0.1) is 0 Å². The van der Waals surface area contributed by atoms with E-state index in [9.17, 15) is 14.4 Å². The van der Waals surface area contributed by atoms with Gasteiger partial charge in [0.2, 0.25) is 5.76 Å². The lowest BCUT2D eigenvalue weighted by molar-refractivity contribution is 0.0485. The topological polar surface area (TPSA) is 82.8 Å². The number of ether oxygens (including phenoxy) is 2. The maximum absolute atomic E-state index is 12.2. The second-order valence-corrected chi connectivity index (χ2v) is 4.95. The fraction of sp³-hybridized carbons (Fsp3) is 0.312. The molecule has 0 N–H and O–H groups in total. The van der Waals surface area contributed by atoms with Crippen LogP contribution in [0.5, 0.6) is 5.75 Å². The Labute approximate surface area is 125 Å². The van der Waals surface area contributed by atoms with Crippen LogP contribution in [0.1, 0.15) is 39.8 Å². The first kappa shape index (κ1) is 14.3. The zero-order valence-corrected chi connectivity index (χ0v) is 12.2. The summed E-state index contributed by atoms with van der Waals surface area (Å²) in [6.45, 7) is 1.85. The Morgan fingerprint density at radius 1 is 1.27 bits per heavy atom. The number of aryl methyl sites for hydroxylation is 1. The van der Waals surface area contributed by atoms with E-state index in [0.717, 1.165) is 5.56 Å². The first-order chi connectivity index (χ1) is 10.6. The number of carbonyl (C=O) groups is 2. The highest BCUT2D eigenvalue weighted by Gasteiger charge is 2.28. The molecule has 1 aliphatic rings. The minimum absolute atomic E-state index is 0.0531. The minimum atomic E-state index is -0.722. The highest BCUT2D eigenvalue weighted by Crippen LogP contribution is 2.36. The lowest BCUT2D eigenvalue weighted by atomic mass is 10.0. The highest BCUT2D eigenvalue weighted by molar-refractivity contribution is 6.08. The first-order valence-electron chi connectivity index (χ1n) is 6.94. The summed E-state index contributed by atoms with van der Waals surface area (Å²) in [7, 11) is 1.40. The molecule has 1 heterocycles. The Morgan fingerprint density at radius 2 is 2.05 bits per heavy atom. The monoisotopic (exact) mass is 302 g/mol. The van der Waals surface area contributed by atoms with Crippen molar-refractivity contribution in [3.05, 3.63) is 39.4 Å². The highest BCUT2D eigenvalue weighted by atomic mass is 16.5. The van der Waals surface area contributed by atoms with Gasteiger partial charge >= 0.3 is 11.6 Å². The van der Waals surface area contributed by atoms with E-state index in [0.29, 0.717) is 23.8 Å². The van der Waals surface area contributed by atoms with E-state index in [4.69, 9.17) is 13.9 Å². The number of hydrogen-bond acceptors (Lipinski definition) is 6. The number of esters is 1. The van der Waals surface area contributed by atoms with Gasteiger partial charge in [0.05, 0.1) is 19.3 Å². The van der Waals surface area contributed by atoms with E-state index in [1.807, 2.05) is 0 Å². The summed E-state index contributed by atoms with van der Waals surface area (Å²) in [5.41, 5.74) is 0.529. The van der Waals surface area contributed by atoms with Crippen LogP contribution in [0.2, 0.25) is 0 Å². The van der Waals surface area contributed by atoms with E-state index in [1.54, 1.807) is 13.0 Å². The predicted octanol–water partition coefficient (Wildman–Crippen LogP) is 2.11. The molecule has 6 heteroatoms. The summed E-state index contributed by atoms with van der Waals surface area (Å²) >= 11 is 0. The molecule has 1 aromatic carbocycles. The third kappa shape index (κ3) is 2.07. The van der Waals surface area contributed by atoms with E-state index in [1.165, 1.54) is 13.2 Å². The van der Waals surface area contributed by atoms with Gasteiger partial charge in [0.15, 0.2) is 5.78 Å². The van der Waals surface area contributed by atoms with Gasteiger partial charge < -0.3 is 13.9 Å². The van der Waals surface area contributed by atoms with E-state index in [-0.39, 0.29) is 29.3 Å². The van der Waals surface area contributed by atoms with Crippen molar-refractivity contribution < 1.29 is 23.5 Å². The lowest BCUT2D eigenvalue weighted by Gasteiger charge is -2.10. The Balaban J connectivity index is 2.31. The summed E-state index contributed by atoms with van der Waals surface area (Å²) in [6, 6.07) is 3.18. The third-order valence-corrected chi connectivity index (χ3v) is 3.67. The summed E-state index contributed by atoms with van der Waals surface area (Å²) in [5, 5.41) is 0.675. The van der Waals surface area contributed by atoms with Gasteiger partial charge in [-0.2, -0.15) is 0 Å². The number of ketones is 1. The molecule has 0 bridgehead atoms. The number of fused-ring (bicyclic) bond motifs is 2. The van der Waals surface area contributed by atoms with Gasteiger partial charge in [-0.1, -0.05) is 0 Å². The van der Waals surface area contributed by atoms with Gasteiger partial charge in [0, 0.05) is 6.42 Å². The molecule has 0 saturated carbocycles. The van der Waals surface area contributed by atoms with Crippen molar-refractivity contribution in [2.24, 2.45) is 0 Å². The molecule has 6 nitrogen and oxygen atoms in total. The number of Topliss-reactive ketones (excluding diaryl/α,β-unsaturated/α-hetero) is 1. The molecule has 1 aromatic heterocycles. The van der Waals surface area contributed by atoms with Crippen LogP contribution in [0.25, 0.3) is 10.8 Å². The number of rotatable bonds is 3. The van der Waals surface area contributed by atoms with E-state index in [2.05, 4.69) is 0 Å². The molecule has 0 atom stereocenters.